The van der Waals surface area contributed by atoms with Crippen molar-refractivity contribution in [2.24, 2.45) is 5.41 Å². The predicted molar refractivity (Wildman–Crippen MR) is 67.2 cm³/mol. The van der Waals surface area contributed by atoms with E-state index in [1.165, 1.54) is 6.92 Å². The number of carbonyl (C=O) groups is 3. The van der Waals surface area contributed by atoms with Crippen molar-refractivity contribution in [3.05, 3.63) is 0 Å². The molecule has 0 aromatic rings. The van der Waals surface area contributed by atoms with Crippen LogP contribution in [-0.4, -0.2) is 37.7 Å². The summed E-state index contributed by atoms with van der Waals surface area (Å²) in [5.74, 6) is -1.68. The van der Waals surface area contributed by atoms with Gasteiger partial charge >= 0.3 is 17.9 Å². The van der Waals surface area contributed by atoms with Crippen molar-refractivity contribution in [2.45, 2.75) is 40.5 Å². The van der Waals surface area contributed by atoms with Gasteiger partial charge in [0, 0.05) is 0 Å². The van der Waals surface area contributed by atoms with E-state index in [0.29, 0.717) is 0 Å². The number of carbonyl (C=O) groups excluding carboxylic acids is 3. The van der Waals surface area contributed by atoms with Gasteiger partial charge in [-0.2, -0.15) is 0 Å². The first-order valence-electron chi connectivity index (χ1n) is 6.38. The first kappa shape index (κ1) is 17.4. The maximum atomic E-state index is 11.9. The maximum absolute atomic E-state index is 11.9. The highest BCUT2D eigenvalue weighted by atomic mass is 16.5. The normalized spacial score (nSPS) is 10.7. The molecule has 0 aromatic carbocycles. The summed E-state index contributed by atoms with van der Waals surface area (Å²) in [6.45, 7) is 7.12. The van der Waals surface area contributed by atoms with Crippen LogP contribution in [0.15, 0.2) is 0 Å². The van der Waals surface area contributed by atoms with Gasteiger partial charge in [0.25, 0.3) is 0 Å². The predicted octanol–water partition coefficient (Wildman–Crippen LogP) is 1.46. The summed E-state index contributed by atoms with van der Waals surface area (Å²) >= 11 is 0. The van der Waals surface area contributed by atoms with Crippen molar-refractivity contribution in [1.29, 1.82) is 0 Å². The fourth-order valence-corrected chi connectivity index (χ4v) is 1.57. The van der Waals surface area contributed by atoms with Crippen LogP contribution >= 0.6 is 0 Å². The standard InChI is InChI=1S/C13H22O6/c1-5-17-10(14)8-13(4,12(16)19-7-3)9-11(15)18-6-2/h5-9H2,1-4H3. The van der Waals surface area contributed by atoms with E-state index in [2.05, 4.69) is 0 Å². The Bertz CT molecular complexity index is 303. The van der Waals surface area contributed by atoms with Gasteiger partial charge in [-0.3, -0.25) is 14.4 Å². The first-order valence-corrected chi connectivity index (χ1v) is 6.38. The van der Waals surface area contributed by atoms with Crippen molar-refractivity contribution >= 4 is 17.9 Å². The fourth-order valence-electron chi connectivity index (χ4n) is 1.57. The molecule has 0 bridgehead atoms. The first-order chi connectivity index (χ1) is 8.89. The molecule has 0 aliphatic carbocycles. The largest absolute Gasteiger partial charge is 0.466 e. The van der Waals surface area contributed by atoms with Crippen LogP contribution in [0.3, 0.4) is 0 Å². The molecule has 0 atom stereocenters. The minimum absolute atomic E-state index is 0.181. The molecule has 0 spiro atoms. The number of esters is 3. The molecule has 0 aliphatic rings. The smallest absolute Gasteiger partial charge is 0.312 e. The third kappa shape index (κ3) is 6.22. The quantitative estimate of drug-likeness (QED) is 0.492. The van der Waals surface area contributed by atoms with Crippen molar-refractivity contribution in [3.63, 3.8) is 0 Å². The van der Waals surface area contributed by atoms with Gasteiger partial charge in [-0.05, 0) is 27.7 Å². The van der Waals surface area contributed by atoms with Crippen molar-refractivity contribution in [1.82, 2.24) is 0 Å². The Morgan fingerprint density at radius 1 is 0.789 bits per heavy atom. The molecular weight excluding hydrogens is 252 g/mol. The van der Waals surface area contributed by atoms with E-state index < -0.39 is 23.3 Å². The molecule has 0 aliphatic heterocycles. The zero-order valence-electron chi connectivity index (χ0n) is 12.0. The van der Waals surface area contributed by atoms with Crippen molar-refractivity contribution < 1.29 is 28.6 Å². The second kappa shape index (κ2) is 8.50. The molecule has 0 saturated heterocycles. The van der Waals surface area contributed by atoms with Crippen LogP contribution in [0.25, 0.3) is 0 Å². The minimum atomic E-state index is -1.26. The van der Waals surface area contributed by atoms with Gasteiger partial charge in [0.2, 0.25) is 0 Å². The van der Waals surface area contributed by atoms with Gasteiger partial charge in [-0.25, -0.2) is 0 Å². The van der Waals surface area contributed by atoms with Crippen LogP contribution in [0.1, 0.15) is 40.5 Å². The van der Waals surface area contributed by atoms with Gasteiger partial charge in [0.15, 0.2) is 0 Å². The van der Waals surface area contributed by atoms with Crippen LogP contribution in [0.4, 0.5) is 0 Å². The Morgan fingerprint density at radius 3 is 1.47 bits per heavy atom. The Kier molecular flexibility index (Phi) is 7.79. The number of ether oxygens (including phenoxy) is 3. The molecule has 0 aromatic heterocycles. The molecule has 0 saturated carbocycles. The summed E-state index contributed by atoms with van der Waals surface area (Å²) in [4.78, 5) is 35.0. The number of rotatable bonds is 8. The number of hydrogen-bond donors (Lipinski definition) is 0. The lowest BCUT2D eigenvalue weighted by Gasteiger charge is -2.25. The average Bonchev–Trinajstić information content (AvgIpc) is 2.29. The van der Waals surface area contributed by atoms with Crippen LogP contribution in [0.2, 0.25) is 0 Å². The Balaban J connectivity index is 4.85. The van der Waals surface area contributed by atoms with Crippen LogP contribution in [-0.2, 0) is 28.6 Å². The van der Waals surface area contributed by atoms with Crippen LogP contribution in [0.5, 0.6) is 0 Å². The van der Waals surface area contributed by atoms with Gasteiger partial charge in [-0.1, -0.05) is 0 Å². The van der Waals surface area contributed by atoms with Gasteiger partial charge < -0.3 is 14.2 Å². The molecule has 0 fully saturated rings. The van der Waals surface area contributed by atoms with E-state index in [0.717, 1.165) is 0 Å². The monoisotopic (exact) mass is 274 g/mol. The summed E-state index contributed by atoms with van der Waals surface area (Å²) in [6, 6.07) is 0. The lowest BCUT2D eigenvalue weighted by Crippen LogP contribution is -2.35. The maximum Gasteiger partial charge on any atom is 0.312 e. The molecule has 0 heterocycles. The fraction of sp³-hybridized carbons (Fsp3) is 0.769. The summed E-state index contributed by atoms with van der Waals surface area (Å²) < 4.78 is 14.5. The van der Waals surface area contributed by atoms with E-state index in [9.17, 15) is 14.4 Å². The molecule has 0 unspecified atom stereocenters. The summed E-state index contributed by atoms with van der Waals surface area (Å²) in [7, 11) is 0. The topological polar surface area (TPSA) is 78.9 Å². The van der Waals surface area contributed by atoms with E-state index >= 15 is 0 Å². The molecule has 0 rings (SSSR count). The third-order valence-corrected chi connectivity index (χ3v) is 2.45. The van der Waals surface area contributed by atoms with Crippen LogP contribution < -0.4 is 0 Å². The van der Waals surface area contributed by atoms with Gasteiger partial charge in [0.05, 0.1) is 38.1 Å². The highest BCUT2D eigenvalue weighted by Crippen LogP contribution is 2.29. The Hall–Kier alpha value is -1.59. The SMILES string of the molecule is CCOC(=O)CC(C)(CC(=O)OCC)C(=O)OCC. The van der Waals surface area contributed by atoms with Crippen molar-refractivity contribution in [3.8, 4) is 0 Å². The summed E-state index contributed by atoms with van der Waals surface area (Å²) in [6.07, 6.45) is -0.420. The van der Waals surface area contributed by atoms with E-state index in [1.54, 1.807) is 20.8 Å². The zero-order valence-corrected chi connectivity index (χ0v) is 12.0. The Labute approximate surface area is 113 Å². The van der Waals surface area contributed by atoms with Crippen molar-refractivity contribution in [2.75, 3.05) is 19.8 Å². The van der Waals surface area contributed by atoms with Gasteiger partial charge in [-0.15, -0.1) is 0 Å². The highest BCUT2D eigenvalue weighted by molar-refractivity contribution is 5.87. The summed E-state index contributed by atoms with van der Waals surface area (Å²) in [5.41, 5.74) is -1.26. The second-order valence-corrected chi connectivity index (χ2v) is 4.24. The van der Waals surface area contributed by atoms with Gasteiger partial charge in [0.1, 0.15) is 0 Å². The molecule has 0 radical (unpaired) electrons. The summed E-state index contributed by atoms with van der Waals surface area (Å²) in [5, 5.41) is 0. The molecule has 19 heavy (non-hydrogen) atoms. The average molecular weight is 274 g/mol. The third-order valence-electron chi connectivity index (χ3n) is 2.45. The molecule has 6 nitrogen and oxygen atoms in total. The molecule has 0 amide bonds. The molecular formula is C13H22O6. The zero-order chi connectivity index (χ0) is 14.9. The minimum Gasteiger partial charge on any atom is -0.466 e. The highest BCUT2D eigenvalue weighted by Gasteiger charge is 2.40. The van der Waals surface area contributed by atoms with E-state index in [4.69, 9.17) is 14.2 Å². The lowest BCUT2D eigenvalue weighted by atomic mass is 9.83. The van der Waals surface area contributed by atoms with E-state index in [-0.39, 0.29) is 32.7 Å². The molecule has 6 heteroatoms. The number of hydrogen-bond acceptors (Lipinski definition) is 6. The Morgan fingerprint density at radius 2 is 1.16 bits per heavy atom. The second-order valence-electron chi connectivity index (χ2n) is 4.24. The van der Waals surface area contributed by atoms with Crippen LogP contribution in [0, 0.1) is 5.41 Å². The molecule has 0 N–H and O–H groups in total. The van der Waals surface area contributed by atoms with E-state index in [1.807, 2.05) is 0 Å². The lowest BCUT2D eigenvalue weighted by molar-refractivity contribution is -0.166. The molecule has 110 valence electrons.